The van der Waals surface area contributed by atoms with Gasteiger partial charge in [-0.3, -0.25) is 0 Å². The lowest BCUT2D eigenvalue weighted by atomic mass is 10.1. The molecule has 6 heteroatoms. The fourth-order valence-corrected chi connectivity index (χ4v) is 2.38. The van der Waals surface area contributed by atoms with Gasteiger partial charge < -0.3 is 14.3 Å². The van der Waals surface area contributed by atoms with E-state index in [0.29, 0.717) is 12.4 Å². The number of benzene rings is 2. The highest BCUT2D eigenvalue weighted by Gasteiger charge is 2.10. The third-order valence-electron chi connectivity index (χ3n) is 3.72. The van der Waals surface area contributed by atoms with Gasteiger partial charge in [0.15, 0.2) is 0 Å². The highest BCUT2D eigenvalue weighted by atomic mass is 35.5. The van der Waals surface area contributed by atoms with E-state index in [4.69, 9.17) is 37.5 Å². The second-order valence-electron chi connectivity index (χ2n) is 7.55. The van der Waals surface area contributed by atoms with Gasteiger partial charge >= 0.3 is 0 Å². The lowest BCUT2D eigenvalue weighted by Gasteiger charge is -2.16. The second kappa shape index (κ2) is 11.1. The number of hydrogen-bond acceptors (Lipinski definition) is 4. The van der Waals surface area contributed by atoms with Crippen molar-refractivity contribution in [2.45, 2.75) is 46.1 Å². The highest BCUT2D eigenvalue weighted by Crippen LogP contribution is 2.24. The summed E-state index contributed by atoms with van der Waals surface area (Å²) in [4.78, 5) is 5.45. The molecule has 0 radical (unpaired) electrons. The molecule has 29 heavy (non-hydrogen) atoms. The summed E-state index contributed by atoms with van der Waals surface area (Å²) in [5.41, 5.74) is 1.93. The molecule has 0 saturated heterocycles. The minimum absolute atomic E-state index is 0.189. The molecule has 0 heterocycles. The number of aryl methyl sites for hydroxylation is 1. The van der Waals surface area contributed by atoms with Crippen molar-refractivity contribution in [2.75, 3.05) is 6.61 Å². The summed E-state index contributed by atoms with van der Waals surface area (Å²) in [7, 11) is 0. The van der Waals surface area contributed by atoms with E-state index in [0.717, 1.165) is 30.1 Å². The van der Waals surface area contributed by atoms with Gasteiger partial charge in [0.1, 0.15) is 33.9 Å². The minimum Gasteiger partial charge on any atom is -0.489 e. The summed E-state index contributed by atoms with van der Waals surface area (Å²) < 4.78 is 11.6. The molecule has 0 unspecified atom stereocenters. The third kappa shape index (κ3) is 9.73. The first-order chi connectivity index (χ1) is 13.7. The van der Waals surface area contributed by atoms with E-state index in [2.05, 4.69) is 17.3 Å². The first kappa shape index (κ1) is 23.1. The monoisotopic (exact) mass is 435 g/mol. The molecule has 0 aromatic heterocycles. The minimum atomic E-state index is -0.264. The number of ether oxygens (including phenoxy) is 2. The maximum atomic E-state index is 5.88. The van der Waals surface area contributed by atoms with Gasteiger partial charge in [0, 0.05) is 0 Å². The first-order valence-electron chi connectivity index (χ1n) is 9.44. The van der Waals surface area contributed by atoms with E-state index in [1.54, 1.807) is 6.08 Å². The molecule has 156 valence electrons. The fourth-order valence-electron chi connectivity index (χ4n) is 2.25. The first-order valence-corrected chi connectivity index (χ1v) is 10.2. The Morgan fingerprint density at radius 3 is 2.03 bits per heavy atom. The molecule has 0 N–H and O–H groups in total. The van der Waals surface area contributed by atoms with Gasteiger partial charge in [0.2, 0.25) is 0 Å². The molecule has 2 rings (SSSR count). The summed E-state index contributed by atoms with van der Waals surface area (Å²) in [6.07, 6.45) is 3.33. The lowest BCUT2D eigenvalue weighted by Crippen LogP contribution is -2.16. The molecule has 0 saturated carbocycles. The molecule has 2 aromatic rings. The molecule has 0 atom stereocenters. The maximum Gasteiger partial charge on any atom is 0.129 e. The Balaban J connectivity index is 1.83. The molecular formula is C23H27Cl2NO3. The molecule has 0 spiro atoms. The molecule has 0 aliphatic heterocycles. The van der Waals surface area contributed by atoms with E-state index < -0.39 is 0 Å². The number of rotatable bonds is 9. The molecular weight excluding hydrogens is 409 g/mol. The van der Waals surface area contributed by atoms with Crippen LogP contribution in [0.25, 0.3) is 0 Å². The van der Waals surface area contributed by atoms with E-state index in [1.165, 1.54) is 5.56 Å². The van der Waals surface area contributed by atoms with Crippen LogP contribution in [-0.2, 0) is 11.3 Å². The predicted molar refractivity (Wildman–Crippen MR) is 121 cm³/mol. The van der Waals surface area contributed by atoms with E-state index >= 15 is 0 Å². The SMILES string of the molecule is CC(CCc1ccc(Oc2ccc(OCC=C(Cl)Cl)cc2)cc1)=NOC(C)(C)C. The normalized spacial score (nSPS) is 11.7. The standard InChI is InChI=1S/C23H27Cl2NO3/c1-17(26-29-23(2,3)4)5-6-18-7-9-20(10-8-18)28-21-13-11-19(12-14-21)27-16-15-22(24)25/h7-15H,5-6,16H2,1-4H3. The lowest BCUT2D eigenvalue weighted by molar-refractivity contribution is 0.000467. The third-order valence-corrected chi connectivity index (χ3v) is 4.03. The quantitative estimate of drug-likeness (QED) is 0.306. The number of oxime groups is 1. The summed E-state index contributed by atoms with van der Waals surface area (Å²) >= 11 is 11.1. The molecule has 4 nitrogen and oxygen atoms in total. The summed E-state index contributed by atoms with van der Waals surface area (Å²) in [5, 5.41) is 4.18. The van der Waals surface area contributed by atoms with E-state index in [1.807, 2.05) is 64.1 Å². The van der Waals surface area contributed by atoms with Crippen LogP contribution in [0.5, 0.6) is 17.2 Å². The zero-order valence-corrected chi connectivity index (χ0v) is 18.8. The van der Waals surface area contributed by atoms with Crippen molar-refractivity contribution in [3.05, 3.63) is 64.7 Å². The van der Waals surface area contributed by atoms with Crippen LogP contribution in [0, 0.1) is 0 Å². The Labute approximate surface area is 183 Å². The van der Waals surface area contributed by atoms with Gasteiger partial charge in [-0.15, -0.1) is 0 Å². The smallest absolute Gasteiger partial charge is 0.129 e. The second-order valence-corrected chi connectivity index (χ2v) is 8.56. The zero-order valence-electron chi connectivity index (χ0n) is 17.2. The molecule has 0 amide bonds. The Kier molecular flexibility index (Phi) is 8.87. The van der Waals surface area contributed by atoms with Gasteiger partial charge in [0.25, 0.3) is 0 Å². The average molecular weight is 436 g/mol. The van der Waals surface area contributed by atoms with Crippen LogP contribution in [0.2, 0.25) is 0 Å². The van der Waals surface area contributed by atoms with E-state index in [9.17, 15) is 0 Å². The largest absolute Gasteiger partial charge is 0.489 e. The molecule has 0 bridgehead atoms. The van der Waals surface area contributed by atoms with Crippen LogP contribution >= 0.6 is 23.2 Å². The van der Waals surface area contributed by atoms with Gasteiger partial charge in [0.05, 0.1) is 5.71 Å². The predicted octanol–water partition coefficient (Wildman–Crippen LogP) is 7.30. The highest BCUT2D eigenvalue weighted by molar-refractivity contribution is 6.55. The Bertz CT molecular complexity index is 819. The summed E-state index contributed by atoms with van der Waals surface area (Å²) in [6.45, 7) is 8.25. The van der Waals surface area contributed by atoms with Crippen LogP contribution in [0.15, 0.2) is 64.3 Å². The van der Waals surface area contributed by atoms with Crippen LogP contribution in [0.1, 0.15) is 39.7 Å². The van der Waals surface area contributed by atoms with Crippen molar-refractivity contribution >= 4 is 28.9 Å². The molecule has 2 aromatic carbocycles. The Hall–Kier alpha value is -2.17. The van der Waals surface area contributed by atoms with Gasteiger partial charge in [-0.1, -0.05) is 40.5 Å². The number of hydrogen-bond donors (Lipinski definition) is 0. The Morgan fingerprint density at radius 1 is 0.931 bits per heavy atom. The van der Waals surface area contributed by atoms with Crippen molar-refractivity contribution in [2.24, 2.45) is 5.16 Å². The van der Waals surface area contributed by atoms with Crippen molar-refractivity contribution in [3.8, 4) is 17.2 Å². The molecule has 0 aliphatic rings. The summed E-state index contributed by atoms with van der Waals surface area (Å²) in [5.74, 6) is 2.23. The zero-order chi connectivity index (χ0) is 21.3. The topological polar surface area (TPSA) is 40.0 Å². The fraction of sp³-hybridized carbons (Fsp3) is 0.348. The van der Waals surface area contributed by atoms with Crippen molar-refractivity contribution < 1.29 is 14.3 Å². The van der Waals surface area contributed by atoms with Gasteiger partial charge in [-0.05, 0) is 88.6 Å². The van der Waals surface area contributed by atoms with Crippen molar-refractivity contribution in [3.63, 3.8) is 0 Å². The molecule has 0 fully saturated rings. The average Bonchev–Trinajstić information content (AvgIpc) is 2.66. The molecule has 0 aliphatic carbocycles. The van der Waals surface area contributed by atoms with Crippen molar-refractivity contribution in [1.29, 1.82) is 0 Å². The Morgan fingerprint density at radius 2 is 1.48 bits per heavy atom. The number of halogens is 2. The summed E-state index contributed by atoms with van der Waals surface area (Å²) in [6, 6.07) is 15.4. The van der Waals surface area contributed by atoms with Crippen LogP contribution in [0.3, 0.4) is 0 Å². The van der Waals surface area contributed by atoms with Gasteiger partial charge in [-0.2, -0.15) is 0 Å². The van der Waals surface area contributed by atoms with E-state index in [-0.39, 0.29) is 10.1 Å². The van der Waals surface area contributed by atoms with Gasteiger partial charge in [-0.25, -0.2) is 0 Å². The van der Waals surface area contributed by atoms with Crippen LogP contribution < -0.4 is 9.47 Å². The number of nitrogens with zero attached hydrogens (tertiary/aromatic N) is 1. The van der Waals surface area contributed by atoms with Crippen LogP contribution in [-0.4, -0.2) is 17.9 Å². The van der Waals surface area contributed by atoms with Crippen molar-refractivity contribution in [1.82, 2.24) is 0 Å². The maximum absolute atomic E-state index is 5.88. The van der Waals surface area contributed by atoms with Crippen LogP contribution in [0.4, 0.5) is 0 Å².